The number of benzene rings is 1. The Kier molecular flexibility index (Phi) is 12.2. The van der Waals surface area contributed by atoms with Crippen LogP contribution in [0.15, 0.2) is 46.3 Å². The van der Waals surface area contributed by atoms with E-state index in [2.05, 4.69) is 33.8 Å². The normalized spacial score (nSPS) is 11.5. The number of aromatic nitrogens is 1. The quantitative estimate of drug-likeness (QED) is 0.102. The number of unbranched alkanes of at least 4 members (excludes halogenated alkanes) is 5. The second kappa shape index (κ2) is 15.1. The van der Waals surface area contributed by atoms with E-state index in [1.165, 1.54) is 47.1 Å². The van der Waals surface area contributed by atoms with Gasteiger partial charge in [0.25, 0.3) is 11.2 Å². The molecule has 2 rings (SSSR count). The van der Waals surface area contributed by atoms with Crippen molar-refractivity contribution >= 4 is 16.6 Å². The highest BCUT2D eigenvalue weighted by atomic mass is 16.6. The molecular formula is C29H42N2O5. The van der Waals surface area contributed by atoms with Gasteiger partial charge in [-0.2, -0.15) is 0 Å². The molecule has 1 aromatic heterocycles. The lowest BCUT2D eigenvalue weighted by molar-refractivity contribution is -0.384. The predicted octanol–water partition coefficient (Wildman–Crippen LogP) is 7.74. The number of rotatable bonds is 16. The first-order chi connectivity index (χ1) is 17.3. The summed E-state index contributed by atoms with van der Waals surface area (Å²) in [6.45, 7) is 11.4. The Labute approximate surface area is 215 Å². The topological polar surface area (TPSA) is 83.6 Å². The van der Waals surface area contributed by atoms with E-state index in [0.717, 1.165) is 32.1 Å². The summed E-state index contributed by atoms with van der Waals surface area (Å²) in [6, 6.07) is 4.53. The van der Waals surface area contributed by atoms with Crippen LogP contribution < -0.4 is 15.0 Å². The first-order valence-corrected chi connectivity index (χ1v) is 13.2. The largest absolute Gasteiger partial charge is 0.485 e. The highest BCUT2D eigenvalue weighted by Crippen LogP contribution is 2.35. The van der Waals surface area contributed by atoms with Crippen LogP contribution in [-0.4, -0.2) is 22.7 Å². The Morgan fingerprint density at radius 3 is 2.39 bits per heavy atom. The van der Waals surface area contributed by atoms with Gasteiger partial charge in [0.15, 0.2) is 5.75 Å². The molecule has 0 bridgehead atoms. The molecule has 0 spiro atoms. The third-order valence-corrected chi connectivity index (χ3v) is 6.18. The van der Waals surface area contributed by atoms with Gasteiger partial charge in [-0.25, -0.2) is 0 Å². The van der Waals surface area contributed by atoms with E-state index in [9.17, 15) is 14.9 Å². The SMILES string of the molecule is CCCCCCCCOc1c(OC/C=C(\C)CCC=C(C)C)c2ccc([N+](=O)[O-])cc2n(CC)c1=O. The number of hydrogen-bond donors (Lipinski definition) is 0. The summed E-state index contributed by atoms with van der Waals surface area (Å²) in [4.78, 5) is 24.3. The van der Waals surface area contributed by atoms with Gasteiger partial charge in [0, 0.05) is 24.1 Å². The zero-order valence-electron chi connectivity index (χ0n) is 22.6. The summed E-state index contributed by atoms with van der Waals surface area (Å²) in [5.74, 6) is 0.538. The number of pyridine rings is 1. The lowest BCUT2D eigenvalue weighted by Gasteiger charge is -2.17. The van der Waals surface area contributed by atoms with Crippen LogP contribution in [0.1, 0.15) is 86.0 Å². The van der Waals surface area contributed by atoms with Crippen molar-refractivity contribution in [1.82, 2.24) is 4.57 Å². The monoisotopic (exact) mass is 498 g/mol. The summed E-state index contributed by atoms with van der Waals surface area (Å²) >= 11 is 0. The van der Waals surface area contributed by atoms with Gasteiger partial charge in [0.2, 0.25) is 5.75 Å². The zero-order valence-corrected chi connectivity index (χ0v) is 22.6. The highest BCUT2D eigenvalue weighted by Gasteiger charge is 2.21. The van der Waals surface area contributed by atoms with Crippen molar-refractivity contribution in [2.45, 2.75) is 92.5 Å². The third-order valence-electron chi connectivity index (χ3n) is 6.18. The van der Waals surface area contributed by atoms with Gasteiger partial charge in [-0.3, -0.25) is 14.9 Å². The number of ether oxygens (including phenoxy) is 2. The standard InChI is InChI=1S/C29H42N2O5/c1-6-8-9-10-11-12-19-35-28-27(36-20-18-23(5)15-13-14-22(3)4)25-17-16-24(31(33)34)21-26(25)30(7-2)29(28)32/h14,16-18,21H,6-13,15,19-20H2,1-5H3/b23-18+. The molecule has 0 radical (unpaired) electrons. The van der Waals surface area contributed by atoms with Gasteiger partial charge in [-0.1, -0.05) is 56.3 Å². The van der Waals surface area contributed by atoms with Crippen molar-refractivity contribution in [2.75, 3.05) is 13.2 Å². The molecule has 1 aromatic carbocycles. The fourth-order valence-corrected chi connectivity index (χ4v) is 4.10. The van der Waals surface area contributed by atoms with Gasteiger partial charge in [0.05, 0.1) is 17.0 Å². The van der Waals surface area contributed by atoms with E-state index in [1.807, 2.05) is 13.0 Å². The van der Waals surface area contributed by atoms with Crippen LogP contribution >= 0.6 is 0 Å². The zero-order chi connectivity index (χ0) is 26.5. The molecule has 0 atom stereocenters. The molecule has 1 heterocycles. The fraction of sp³-hybridized carbons (Fsp3) is 0.552. The molecule has 7 heteroatoms. The first-order valence-electron chi connectivity index (χ1n) is 13.2. The number of hydrogen-bond acceptors (Lipinski definition) is 5. The van der Waals surface area contributed by atoms with Crippen molar-refractivity contribution in [3.8, 4) is 11.5 Å². The summed E-state index contributed by atoms with van der Waals surface area (Å²) in [7, 11) is 0. The molecule has 0 saturated carbocycles. The fourth-order valence-electron chi connectivity index (χ4n) is 4.10. The van der Waals surface area contributed by atoms with E-state index in [-0.39, 0.29) is 23.6 Å². The minimum absolute atomic E-state index is 0.0641. The van der Waals surface area contributed by atoms with E-state index in [0.29, 0.717) is 29.8 Å². The lowest BCUT2D eigenvalue weighted by Crippen LogP contribution is -2.23. The highest BCUT2D eigenvalue weighted by molar-refractivity contribution is 5.89. The number of fused-ring (bicyclic) bond motifs is 1. The maximum Gasteiger partial charge on any atom is 0.297 e. The molecule has 7 nitrogen and oxygen atoms in total. The molecule has 0 N–H and O–H groups in total. The van der Waals surface area contributed by atoms with Crippen molar-refractivity contribution in [2.24, 2.45) is 0 Å². The number of allylic oxidation sites excluding steroid dienone is 3. The number of non-ortho nitro benzene ring substituents is 1. The summed E-state index contributed by atoms with van der Waals surface area (Å²) in [5.41, 5.74) is 2.58. The number of nitro groups is 1. The van der Waals surface area contributed by atoms with Gasteiger partial charge < -0.3 is 14.0 Å². The maximum atomic E-state index is 13.4. The summed E-state index contributed by atoms with van der Waals surface area (Å²) in [6.07, 6.45) is 12.8. The van der Waals surface area contributed by atoms with Crippen molar-refractivity contribution in [1.29, 1.82) is 0 Å². The molecule has 0 aliphatic carbocycles. The van der Waals surface area contributed by atoms with Crippen molar-refractivity contribution in [3.63, 3.8) is 0 Å². The molecule has 2 aromatic rings. The van der Waals surface area contributed by atoms with E-state index in [4.69, 9.17) is 9.47 Å². The number of nitrogens with zero attached hydrogens (tertiary/aromatic N) is 2. The van der Waals surface area contributed by atoms with Gasteiger partial charge in [-0.05, 0) is 59.1 Å². The van der Waals surface area contributed by atoms with Crippen LogP contribution in [0.3, 0.4) is 0 Å². The minimum Gasteiger partial charge on any atom is -0.485 e. The van der Waals surface area contributed by atoms with Crippen LogP contribution in [0.4, 0.5) is 5.69 Å². The predicted molar refractivity (Wildman–Crippen MR) is 147 cm³/mol. The molecule has 0 aliphatic heterocycles. The second-order valence-electron chi connectivity index (χ2n) is 9.46. The Morgan fingerprint density at radius 2 is 1.72 bits per heavy atom. The van der Waals surface area contributed by atoms with Gasteiger partial charge in [0.1, 0.15) is 6.61 Å². The summed E-state index contributed by atoms with van der Waals surface area (Å²) in [5, 5.41) is 12.0. The minimum atomic E-state index is -0.452. The van der Waals surface area contributed by atoms with Crippen LogP contribution in [-0.2, 0) is 6.54 Å². The van der Waals surface area contributed by atoms with E-state index < -0.39 is 4.92 Å². The Morgan fingerprint density at radius 1 is 1.00 bits per heavy atom. The third kappa shape index (κ3) is 8.54. The molecule has 0 amide bonds. The van der Waals surface area contributed by atoms with Gasteiger partial charge >= 0.3 is 0 Å². The van der Waals surface area contributed by atoms with Crippen LogP contribution in [0.25, 0.3) is 10.9 Å². The maximum absolute atomic E-state index is 13.4. The summed E-state index contributed by atoms with van der Waals surface area (Å²) < 4.78 is 13.7. The molecule has 0 unspecified atom stereocenters. The molecule has 0 aliphatic rings. The van der Waals surface area contributed by atoms with Crippen LogP contribution in [0, 0.1) is 10.1 Å². The average molecular weight is 499 g/mol. The molecule has 0 saturated heterocycles. The smallest absolute Gasteiger partial charge is 0.297 e. The molecule has 36 heavy (non-hydrogen) atoms. The lowest BCUT2D eigenvalue weighted by atomic mass is 10.1. The molecule has 0 fully saturated rings. The van der Waals surface area contributed by atoms with Crippen LogP contribution in [0.2, 0.25) is 0 Å². The Hall–Kier alpha value is -3.09. The van der Waals surface area contributed by atoms with Crippen molar-refractivity contribution < 1.29 is 14.4 Å². The molecule has 198 valence electrons. The molecular weight excluding hydrogens is 456 g/mol. The van der Waals surface area contributed by atoms with Crippen LogP contribution in [0.5, 0.6) is 11.5 Å². The Balaban J connectivity index is 2.34. The second-order valence-corrected chi connectivity index (χ2v) is 9.46. The number of nitro benzene ring substituents is 1. The van der Waals surface area contributed by atoms with E-state index in [1.54, 1.807) is 6.07 Å². The Bertz CT molecular complexity index is 1130. The average Bonchev–Trinajstić information content (AvgIpc) is 2.84. The van der Waals surface area contributed by atoms with Gasteiger partial charge in [-0.15, -0.1) is 0 Å². The first kappa shape index (κ1) is 29.1. The van der Waals surface area contributed by atoms with E-state index >= 15 is 0 Å². The van der Waals surface area contributed by atoms with Crippen molar-refractivity contribution in [3.05, 3.63) is 62.0 Å². The number of aryl methyl sites for hydroxylation is 1.